The zero-order chi connectivity index (χ0) is 21.0. The molecule has 0 radical (unpaired) electrons. The van der Waals surface area contributed by atoms with Crippen molar-refractivity contribution in [2.45, 2.75) is 104 Å². The second-order valence-electron chi connectivity index (χ2n) is 7.76. The molecule has 6 heteroatoms. The molecule has 0 bridgehead atoms. The molecule has 0 aromatic heterocycles. The Kier molecular flexibility index (Phi) is 21.2. The molecule has 0 fully saturated rings. The Morgan fingerprint density at radius 3 is 1.47 bits per heavy atom. The van der Waals surface area contributed by atoms with E-state index in [1.165, 1.54) is 77.0 Å². The van der Waals surface area contributed by atoms with Crippen LogP contribution in [0.4, 0.5) is 0 Å². The first-order valence-corrected chi connectivity index (χ1v) is 14.4. The van der Waals surface area contributed by atoms with Gasteiger partial charge < -0.3 is 4.52 Å². The van der Waals surface area contributed by atoms with E-state index in [-0.39, 0.29) is 19.5 Å². The van der Waals surface area contributed by atoms with Crippen LogP contribution in [0, 0.1) is 0 Å². The summed E-state index contributed by atoms with van der Waals surface area (Å²) in [6, 6.07) is 9.68. The van der Waals surface area contributed by atoms with Crippen molar-refractivity contribution < 1.29 is 33.0 Å². The Morgan fingerprint density at radius 1 is 0.633 bits per heavy atom. The number of rotatable bonds is 20. The average molecular weight is 508 g/mol. The molecule has 0 heterocycles. The first-order chi connectivity index (χ1) is 14.2. The van der Waals surface area contributed by atoms with Crippen LogP contribution in [0.3, 0.4) is 0 Å². The van der Waals surface area contributed by atoms with Crippen LogP contribution >= 0.6 is 6.72 Å². The average Bonchev–Trinajstić information content (AvgIpc) is 2.73. The second-order valence-corrected chi connectivity index (χ2v) is 10.7. The van der Waals surface area contributed by atoms with Crippen LogP contribution in [0.25, 0.3) is 0 Å². The van der Waals surface area contributed by atoms with E-state index in [1.807, 2.05) is 30.3 Å². The third kappa shape index (κ3) is 16.9. The molecule has 0 aliphatic heterocycles. The van der Waals surface area contributed by atoms with Crippen LogP contribution in [-0.4, -0.2) is 13.2 Å². The van der Waals surface area contributed by atoms with Crippen molar-refractivity contribution in [3.05, 3.63) is 30.3 Å². The summed E-state index contributed by atoms with van der Waals surface area (Å²) in [5, 5.41) is 0. The number of hydrogen-bond acceptors (Lipinski definition) is 4. The summed E-state index contributed by atoms with van der Waals surface area (Å²) in [5.41, 5.74) is 0. The maximum atomic E-state index is 6.00. The van der Waals surface area contributed by atoms with E-state index in [0.29, 0.717) is 13.2 Å². The van der Waals surface area contributed by atoms with Gasteiger partial charge in [0.1, 0.15) is 5.75 Å². The summed E-state index contributed by atoms with van der Waals surface area (Å²) in [7, 11) is 0. The van der Waals surface area contributed by atoms with Gasteiger partial charge in [0.25, 0.3) is 0 Å². The van der Waals surface area contributed by atoms with E-state index in [2.05, 4.69) is 13.8 Å². The molecule has 0 atom stereocenters. The smallest absolute Gasteiger partial charge is 0.380 e. The van der Waals surface area contributed by atoms with Crippen LogP contribution in [0.2, 0.25) is 0 Å². The van der Waals surface area contributed by atoms with E-state index in [1.54, 1.807) is 0 Å². The maximum Gasteiger partial charge on any atom is 0.380 e. The van der Waals surface area contributed by atoms with Crippen LogP contribution < -0.4 is 4.52 Å². The zero-order valence-corrected chi connectivity index (χ0v) is 24.2. The maximum absolute atomic E-state index is 6.00. The minimum Gasteiger partial charge on any atom is -0.424 e. The summed E-state index contributed by atoms with van der Waals surface area (Å²) < 4.78 is 18.0. The monoisotopic (exact) mass is 506 g/mol. The molecule has 0 aliphatic carbocycles. The Bertz CT molecular complexity index is 506. The predicted octanol–water partition coefficient (Wildman–Crippen LogP) is 8.82. The quantitative estimate of drug-likeness (QED) is 0.100. The molecule has 1 aromatic rings. The zero-order valence-electron chi connectivity index (χ0n) is 19.5. The number of unbranched alkanes of at least 4 members (excludes halogenated alkanes) is 12. The fraction of sp³-hybridized carbons (Fsp3) is 0.750. The van der Waals surface area contributed by atoms with Crippen LogP contribution in [0.1, 0.15) is 104 Å². The van der Waals surface area contributed by atoms with Crippen molar-refractivity contribution >= 4 is 18.5 Å². The van der Waals surface area contributed by atoms with Crippen molar-refractivity contribution in [1.82, 2.24) is 0 Å². The van der Waals surface area contributed by atoms with Gasteiger partial charge in [-0.05, 0) is 25.0 Å². The summed E-state index contributed by atoms with van der Waals surface area (Å²) >= 11 is 5.70. The molecular weight excluding hydrogens is 465 g/mol. The second kappa shape index (κ2) is 21.1. The molecular formula is C24H43O3PSZn. The molecule has 0 N–H and O–H groups in total. The van der Waals surface area contributed by atoms with Crippen molar-refractivity contribution in [2.75, 3.05) is 13.2 Å². The Morgan fingerprint density at radius 2 is 1.03 bits per heavy atom. The summed E-state index contributed by atoms with van der Waals surface area (Å²) in [6.45, 7) is 3.00. The molecule has 0 spiro atoms. The van der Waals surface area contributed by atoms with E-state index in [4.69, 9.17) is 25.4 Å². The van der Waals surface area contributed by atoms with Crippen LogP contribution in [0.5, 0.6) is 5.75 Å². The van der Waals surface area contributed by atoms with Gasteiger partial charge in [0.15, 0.2) is 0 Å². The molecule has 0 amide bonds. The van der Waals surface area contributed by atoms with Gasteiger partial charge in [0, 0.05) is 31.3 Å². The normalized spacial score (nSPS) is 11.3. The van der Waals surface area contributed by atoms with E-state index < -0.39 is 6.72 Å². The predicted molar refractivity (Wildman–Crippen MR) is 129 cm³/mol. The van der Waals surface area contributed by atoms with Crippen molar-refractivity contribution in [1.29, 1.82) is 0 Å². The van der Waals surface area contributed by atoms with E-state index in [0.717, 1.165) is 18.6 Å². The van der Waals surface area contributed by atoms with Gasteiger partial charge in [-0.15, -0.1) is 0 Å². The third-order valence-electron chi connectivity index (χ3n) is 4.96. The largest absolute Gasteiger partial charge is 0.424 e. The standard InChI is InChI=1S/C24H43O3PS.Zn/c1-3-5-7-9-11-13-18-22-25-28(29,27-24-20-16-15-17-21-24)26-23-19-14-12-10-8-6-4-2;/h15-17,20-21H,3-14,18-19,22-23H2,1-2H3;. The van der Waals surface area contributed by atoms with Gasteiger partial charge in [-0.3, -0.25) is 9.05 Å². The summed E-state index contributed by atoms with van der Waals surface area (Å²) in [4.78, 5) is 0. The van der Waals surface area contributed by atoms with Gasteiger partial charge in [-0.1, -0.05) is 109 Å². The fourth-order valence-electron chi connectivity index (χ4n) is 3.17. The van der Waals surface area contributed by atoms with Gasteiger partial charge >= 0.3 is 6.72 Å². The van der Waals surface area contributed by atoms with E-state index >= 15 is 0 Å². The minimum atomic E-state index is -2.74. The van der Waals surface area contributed by atoms with Crippen LogP contribution in [-0.2, 0) is 40.3 Å². The molecule has 30 heavy (non-hydrogen) atoms. The van der Waals surface area contributed by atoms with Crippen LogP contribution in [0.15, 0.2) is 30.3 Å². The number of hydrogen-bond donors (Lipinski definition) is 0. The first kappa shape index (κ1) is 30.2. The minimum absolute atomic E-state index is 0. The third-order valence-corrected chi connectivity index (χ3v) is 7.24. The van der Waals surface area contributed by atoms with Crippen molar-refractivity contribution in [3.8, 4) is 5.75 Å². The van der Waals surface area contributed by atoms with Gasteiger partial charge in [0.05, 0.1) is 13.2 Å². The Labute approximate surface area is 204 Å². The molecule has 1 rings (SSSR count). The SMILES string of the molecule is CCCCCCCCCOP(=S)(OCCCCCCCCC)Oc1ccccc1.[Zn]. The van der Waals surface area contributed by atoms with Crippen molar-refractivity contribution in [3.63, 3.8) is 0 Å². The number of para-hydroxylation sites is 1. The fourth-order valence-corrected chi connectivity index (χ4v) is 5.14. The molecule has 1 aromatic carbocycles. The Hall–Kier alpha value is 0.213. The van der Waals surface area contributed by atoms with Gasteiger partial charge in [-0.25, -0.2) is 0 Å². The molecule has 170 valence electrons. The molecule has 0 saturated carbocycles. The summed E-state index contributed by atoms with van der Waals surface area (Å²) in [5.74, 6) is 0.731. The molecule has 0 saturated heterocycles. The molecule has 3 nitrogen and oxygen atoms in total. The number of benzene rings is 1. The molecule has 0 aliphatic rings. The van der Waals surface area contributed by atoms with E-state index in [9.17, 15) is 0 Å². The van der Waals surface area contributed by atoms with Crippen molar-refractivity contribution in [2.24, 2.45) is 0 Å². The van der Waals surface area contributed by atoms with Gasteiger partial charge in [0.2, 0.25) is 0 Å². The molecule has 0 unspecified atom stereocenters. The first-order valence-electron chi connectivity index (χ1n) is 11.8. The summed E-state index contributed by atoms with van der Waals surface area (Å²) in [6.07, 6.45) is 17.5. The Balaban J connectivity index is 0.00000841. The van der Waals surface area contributed by atoms with Gasteiger partial charge in [-0.2, -0.15) is 0 Å². The topological polar surface area (TPSA) is 27.7 Å².